The highest BCUT2D eigenvalue weighted by molar-refractivity contribution is 5.86. The SMILES string of the molecule is CN=C(NCCNc1ncnc2c1cnn2C)NC(C)c1cccc(N2CCCC2)c1. The normalized spacial score (nSPS) is 15.3. The molecule has 1 saturated heterocycles. The maximum absolute atomic E-state index is 4.37. The van der Waals surface area contributed by atoms with Crippen molar-refractivity contribution in [2.45, 2.75) is 25.8 Å². The van der Waals surface area contributed by atoms with Crippen molar-refractivity contribution in [2.24, 2.45) is 12.0 Å². The van der Waals surface area contributed by atoms with Crippen LogP contribution in [0.15, 0.2) is 41.8 Å². The van der Waals surface area contributed by atoms with Gasteiger partial charge in [0.2, 0.25) is 0 Å². The molecule has 9 nitrogen and oxygen atoms in total. The van der Waals surface area contributed by atoms with Crippen molar-refractivity contribution >= 4 is 28.5 Å². The molecular formula is C22H31N9. The van der Waals surface area contributed by atoms with Crippen LogP contribution in [0.3, 0.4) is 0 Å². The molecule has 9 heteroatoms. The summed E-state index contributed by atoms with van der Waals surface area (Å²) in [5.74, 6) is 1.56. The summed E-state index contributed by atoms with van der Waals surface area (Å²) >= 11 is 0. The predicted octanol–water partition coefficient (Wildman–Crippen LogP) is 2.30. The van der Waals surface area contributed by atoms with Gasteiger partial charge in [0.05, 0.1) is 17.6 Å². The van der Waals surface area contributed by atoms with Crippen molar-refractivity contribution in [3.05, 3.63) is 42.4 Å². The standard InChI is InChI=1S/C22H31N9/c1-16(17-7-6-8-18(13-17)31-11-4-5-12-31)29-22(23-2)25-10-9-24-20-19-14-28-30(3)21(19)27-15-26-20/h6-8,13-16H,4-5,9-12H2,1-3H3,(H2,23,25,29)(H,24,26,27). The topological polar surface area (TPSA) is 95.3 Å². The molecule has 31 heavy (non-hydrogen) atoms. The Kier molecular flexibility index (Phi) is 6.49. The van der Waals surface area contributed by atoms with Crippen LogP contribution in [-0.2, 0) is 7.05 Å². The summed E-state index contributed by atoms with van der Waals surface area (Å²) in [5.41, 5.74) is 3.38. The highest BCUT2D eigenvalue weighted by atomic mass is 15.3. The number of nitrogens with zero attached hydrogens (tertiary/aromatic N) is 6. The largest absolute Gasteiger partial charge is 0.372 e. The van der Waals surface area contributed by atoms with Crippen LogP contribution in [-0.4, -0.2) is 58.9 Å². The second kappa shape index (κ2) is 9.63. The van der Waals surface area contributed by atoms with Gasteiger partial charge in [-0.3, -0.25) is 9.67 Å². The van der Waals surface area contributed by atoms with E-state index in [1.54, 1.807) is 24.3 Å². The number of nitrogens with one attached hydrogen (secondary N) is 3. The van der Waals surface area contributed by atoms with E-state index in [0.717, 1.165) is 35.9 Å². The van der Waals surface area contributed by atoms with Gasteiger partial charge in [0.1, 0.15) is 12.1 Å². The summed E-state index contributed by atoms with van der Waals surface area (Å²) in [6.07, 6.45) is 5.90. The Hall–Kier alpha value is -3.36. The lowest BCUT2D eigenvalue weighted by molar-refractivity contribution is 0.687. The van der Waals surface area contributed by atoms with E-state index in [9.17, 15) is 0 Å². The van der Waals surface area contributed by atoms with Gasteiger partial charge in [-0.1, -0.05) is 12.1 Å². The monoisotopic (exact) mass is 421 g/mol. The Morgan fingerprint density at radius 3 is 2.84 bits per heavy atom. The first kappa shape index (κ1) is 20.9. The van der Waals surface area contributed by atoms with Gasteiger partial charge in [-0.25, -0.2) is 9.97 Å². The summed E-state index contributed by atoms with van der Waals surface area (Å²) < 4.78 is 1.74. The number of guanidine groups is 1. The third-order valence-electron chi connectivity index (χ3n) is 5.66. The molecule has 1 atom stereocenters. The molecule has 0 saturated carbocycles. The third kappa shape index (κ3) is 4.87. The highest BCUT2D eigenvalue weighted by Crippen LogP contribution is 2.24. The van der Waals surface area contributed by atoms with Gasteiger partial charge in [-0.2, -0.15) is 5.10 Å². The minimum Gasteiger partial charge on any atom is -0.372 e. The zero-order chi connectivity index (χ0) is 21.6. The van der Waals surface area contributed by atoms with E-state index < -0.39 is 0 Å². The van der Waals surface area contributed by atoms with Crippen LogP contribution in [0.25, 0.3) is 11.0 Å². The van der Waals surface area contributed by atoms with Gasteiger partial charge in [0, 0.05) is 46.0 Å². The van der Waals surface area contributed by atoms with Gasteiger partial charge in [0.25, 0.3) is 0 Å². The molecule has 4 rings (SSSR count). The lowest BCUT2D eigenvalue weighted by Gasteiger charge is -2.22. The smallest absolute Gasteiger partial charge is 0.191 e. The van der Waals surface area contributed by atoms with Crippen LogP contribution < -0.4 is 20.9 Å². The van der Waals surface area contributed by atoms with Crippen LogP contribution >= 0.6 is 0 Å². The Morgan fingerprint density at radius 2 is 2.03 bits per heavy atom. The van der Waals surface area contributed by atoms with Crippen LogP contribution in [0, 0.1) is 0 Å². The van der Waals surface area contributed by atoms with Crippen molar-refractivity contribution in [1.29, 1.82) is 0 Å². The van der Waals surface area contributed by atoms with E-state index >= 15 is 0 Å². The molecule has 1 aliphatic heterocycles. The first-order valence-electron chi connectivity index (χ1n) is 10.8. The predicted molar refractivity (Wildman–Crippen MR) is 126 cm³/mol. The van der Waals surface area contributed by atoms with Gasteiger partial charge >= 0.3 is 0 Å². The first-order valence-corrected chi connectivity index (χ1v) is 10.8. The van der Waals surface area contributed by atoms with Crippen molar-refractivity contribution in [3.8, 4) is 0 Å². The van der Waals surface area contributed by atoms with E-state index in [0.29, 0.717) is 13.1 Å². The van der Waals surface area contributed by atoms with E-state index in [-0.39, 0.29) is 6.04 Å². The Balaban J connectivity index is 1.29. The zero-order valence-electron chi connectivity index (χ0n) is 18.5. The molecule has 0 aliphatic carbocycles. The average molecular weight is 422 g/mol. The summed E-state index contributed by atoms with van der Waals surface area (Å²) in [5, 5.41) is 15.4. The number of aliphatic imine (C=N–C) groups is 1. The van der Waals surface area contributed by atoms with Gasteiger partial charge in [-0.05, 0) is 37.5 Å². The molecule has 1 aliphatic rings. The molecule has 0 bridgehead atoms. The number of benzene rings is 1. The van der Waals surface area contributed by atoms with Crippen molar-refractivity contribution in [3.63, 3.8) is 0 Å². The van der Waals surface area contributed by atoms with Gasteiger partial charge in [0.15, 0.2) is 11.6 Å². The Labute approximate surface area is 183 Å². The molecule has 0 radical (unpaired) electrons. The molecule has 1 fully saturated rings. The minimum absolute atomic E-state index is 0.151. The van der Waals surface area contributed by atoms with Crippen LogP contribution in [0.2, 0.25) is 0 Å². The van der Waals surface area contributed by atoms with E-state index in [4.69, 9.17) is 0 Å². The molecule has 0 spiro atoms. The molecule has 3 N–H and O–H groups in total. The number of aromatic nitrogens is 4. The fourth-order valence-corrected chi connectivity index (χ4v) is 3.91. The van der Waals surface area contributed by atoms with Crippen LogP contribution in [0.5, 0.6) is 0 Å². The molecule has 1 unspecified atom stereocenters. The quantitative estimate of drug-likeness (QED) is 0.306. The fourth-order valence-electron chi connectivity index (χ4n) is 3.91. The number of hydrogen-bond acceptors (Lipinski definition) is 6. The van der Waals surface area contributed by atoms with E-state index in [2.05, 4.69) is 72.1 Å². The summed E-state index contributed by atoms with van der Waals surface area (Å²) in [6, 6.07) is 8.94. The second-order valence-corrected chi connectivity index (χ2v) is 7.81. The minimum atomic E-state index is 0.151. The molecule has 3 aromatic rings. The number of rotatable bonds is 7. The molecule has 2 aromatic heterocycles. The lowest BCUT2D eigenvalue weighted by Crippen LogP contribution is -2.40. The molecular weight excluding hydrogens is 390 g/mol. The summed E-state index contributed by atoms with van der Waals surface area (Å²) in [7, 11) is 3.66. The number of aryl methyl sites for hydroxylation is 1. The zero-order valence-corrected chi connectivity index (χ0v) is 18.5. The maximum Gasteiger partial charge on any atom is 0.191 e. The Morgan fingerprint density at radius 1 is 1.19 bits per heavy atom. The van der Waals surface area contributed by atoms with E-state index in [1.807, 2.05) is 7.05 Å². The van der Waals surface area contributed by atoms with Crippen molar-refractivity contribution < 1.29 is 0 Å². The number of anilines is 2. The molecule has 1 aromatic carbocycles. The average Bonchev–Trinajstić information content (AvgIpc) is 3.47. The lowest BCUT2D eigenvalue weighted by atomic mass is 10.1. The maximum atomic E-state index is 4.37. The number of hydrogen-bond donors (Lipinski definition) is 3. The van der Waals surface area contributed by atoms with Gasteiger partial charge < -0.3 is 20.9 Å². The molecule has 3 heterocycles. The Bertz CT molecular complexity index is 1040. The summed E-state index contributed by atoms with van der Waals surface area (Å²) in [4.78, 5) is 15.4. The highest BCUT2D eigenvalue weighted by Gasteiger charge is 2.14. The fraction of sp³-hybridized carbons (Fsp3) is 0.455. The van der Waals surface area contributed by atoms with E-state index in [1.165, 1.54) is 24.1 Å². The molecule has 164 valence electrons. The van der Waals surface area contributed by atoms with Crippen LogP contribution in [0.1, 0.15) is 31.4 Å². The van der Waals surface area contributed by atoms with Crippen molar-refractivity contribution in [2.75, 3.05) is 43.4 Å². The molecule has 0 amide bonds. The number of fused-ring (bicyclic) bond motifs is 1. The van der Waals surface area contributed by atoms with Gasteiger partial charge in [-0.15, -0.1) is 0 Å². The van der Waals surface area contributed by atoms with Crippen LogP contribution in [0.4, 0.5) is 11.5 Å². The summed E-state index contributed by atoms with van der Waals surface area (Å²) in [6.45, 7) is 5.86. The second-order valence-electron chi connectivity index (χ2n) is 7.81. The first-order chi connectivity index (χ1) is 15.2. The van der Waals surface area contributed by atoms with Crippen molar-refractivity contribution in [1.82, 2.24) is 30.4 Å². The third-order valence-corrected chi connectivity index (χ3v) is 5.66.